The van der Waals surface area contributed by atoms with Gasteiger partial charge in [-0.1, -0.05) is 6.07 Å². The number of urea groups is 1. The number of aromatic amines is 1. The molecule has 0 saturated carbocycles. The molecule has 1 atom stereocenters. The molecular formula is C20H15F4N5O2. The molecular weight excluding hydrogens is 418 g/mol. The molecule has 0 aliphatic carbocycles. The Hall–Kier alpha value is -3.89. The van der Waals surface area contributed by atoms with Crippen LogP contribution in [0.25, 0.3) is 11.3 Å². The standard InChI is InChI=1S/C20H15F4N5O2/c21-13-4-1-11(2-5-13)17(30)25-10-19(20(22,23)24)14-9-12(15-7-8-26-29-15)3-6-16(14)27-18(31)28-19/h1-9H,10H2,(H,25,30)(H,26,29)(H2,27,28,31). The predicted molar refractivity (Wildman–Crippen MR) is 103 cm³/mol. The Morgan fingerprint density at radius 1 is 1.10 bits per heavy atom. The lowest BCUT2D eigenvalue weighted by molar-refractivity contribution is -0.195. The summed E-state index contributed by atoms with van der Waals surface area (Å²) < 4.78 is 56.2. The van der Waals surface area contributed by atoms with E-state index in [0.29, 0.717) is 11.3 Å². The van der Waals surface area contributed by atoms with E-state index in [0.717, 1.165) is 24.3 Å². The maximum atomic E-state index is 14.4. The number of aromatic nitrogens is 2. The van der Waals surface area contributed by atoms with Gasteiger partial charge in [0.15, 0.2) is 5.54 Å². The van der Waals surface area contributed by atoms with Crippen LogP contribution < -0.4 is 16.0 Å². The van der Waals surface area contributed by atoms with E-state index in [1.54, 1.807) is 6.07 Å². The van der Waals surface area contributed by atoms with Crippen molar-refractivity contribution in [2.24, 2.45) is 0 Å². The molecule has 1 unspecified atom stereocenters. The quantitative estimate of drug-likeness (QED) is 0.474. The zero-order valence-electron chi connectivity index (χ0n) is 15.7. The van der Waals surface area contributed by atoms with Crippen LogP contribution in [-0.4, -0.2) is 34.9 Å². The van der Waals surface area contributed by atoms with Crippen LogP contribution in [0.15, 0.2) is 54.7 Å². The van der Waals surface area contributed by atoms with Gasteiger partial charge in [0.2, 0.25) is 0 Å². The Morgan fingerprint density at radius 2 is 1.84 bits per heavy atom. The van der Waals surface area contributed by atoms with Crippen LogP contribution in [0.1, 0.15) is 15.9 Å². The van der Waals surface area contributed by atoms with E-state index >= 15 is 0 Å². The molecule has 0 radical (unpaired) electrons. The number of amides is 3. The number of hydrogen-bond donors (Lipinski definition) is 4. The number of anilines is 1. The van der Waals surface area contributed by atoms with Gasteiger partial charge in [-0.15, -0.1) is 0 Å². The zero-order valence-corrected chi connectivity index (χ0v) is 15.7. The summed E-state index contributed by atoms with van der Waals surface area (Å²) in [7, 11) is 0. The third kappa shape index (κ3) is 3.69. The van der Waals surface area contributed by atoms with Gasteiger partial charge in [0.1, 0.15) is 5.82 Å². The maximum Gasteiger partial charge on any atom is 0.417 e. The second-order valence-corrected chi connectivity index (χ2v) is 6.90. The number of halogens is 4. The highest BCUT2D eigenvalue weighted by atomic mass is 19.4. The number of hydrogen-bond acceptors (Lipinski definition) is 3. The number of carbonyl (C=O) groups excluding carboxylic acids is 2. The molecule has 3 amide bonds. The van der Waals surface area contributed by atoms with E-state index in [1.165, 1.54) is 24.4 Å². The average Bonchev–Trinajstić information content (AvgIpc) is 3.26. The van der Waals surface area contributed by atoms with Crippen LogP contribution in [0.5, 0.6) is 0 Å². The van der Waals surface area contributed by atoms with Crippen molar-refractivity contribution in [1.29, 1.82) is 0 Å². The minimum atomic E-state index is -4.96. The summed E-state index contributed by atoms with van der Waals surface area (Å²) in [6.07, 6.45) is -3.50. The van der Waals surface area contributed by atoms with Crippen molar-refractivity contribution >= 4 is 17.6 Å². The first kappa shape index (κ1) is 20.4. The molecule has 1 aliphatic heterocycles. The summed E-state index contributed by atoms with van der Waals surface area (Å²) in [5.41, 5.74) is -2.34. The lowest BCUT2D eigenvalue weighted by Gasteiger charge is -2.41. The first-order chi connectivity index (χ1) is 14.7. The second-order valence-electron chi connectivity index (χ2n) is 6.90. The molecule has 4 rings (SSSR count). The summed E-state index contributed by atoms with van der Waals surface area (Å²) in [6, 6.07) is 9.03. The number of carbonyl (C=O) groups is 2. The molecule has 3 aromatic rings. The summed E-state index contributed by atoms with van der Waals surface area (Å²) in [4.78, 5) is 24.4. The Bertz CT molecular complexity index is 1130. The molecule has 2 aromatic carbocycles. The molecule has 0 saturated heterocycles. The zero-order chi connectivity index (χ0) is 22.2. The van der Waals surface area contributed by atoms with Gasteiger partial charge in [0.05, 0.1) is 12.2 Å². The van der Waals surface area contributed by atoms with Crippen LogP contribution >= 0.6 is 0 Å². The summed E-state index contributed by atoms with van der Waals surface area (Å²) >= 11 is 0. The lowest BCUT2D eigenvalue weighted by Crippen LogP contribution is -2.64. The third-order valence-corrected chi connectivity index (χ3v) is 4.97. The first-order valence-electron chi connectivity index (χ1n) is 9.03. The molecule has 0 bridgehead atoms. The minimum Gasteiger partial charge on any atom is -0.349 e. The van der Waals surface area contributed by atoms with Gasteiger partial charge in [0.25, 0.3) is 5.91 Å². The molecule has 0 fully saturated rings. The smallest absolute Gasteiger partial charge is 0.349 e. The van der Waals surface area contributed by atoms with Gasteiger partial charge in [-0.2, -0.15) is 18.3 Å². The predicted octanol–water partition coefficient (Wildman–Crippen LogP) is 3.54. The number of nitrogens with zero attached hydrogens (tertiary/aromatic N) is 1. The van der Waals surface area contributed by atoms with Crippen LogP contribution in [0.4, 0.5) is 28.0 Å². The summed E-state index contributed by atoms with van der Waals surface area (Å²) in [5, 5.41) is 13.0. The number of fused-ring (bicyclic) bond motifs is 1. The average molecular weight is 433 g/mol. The van der Waals surface area contributed by atoms with Crippen molar-refractivity contribution < 1.29 is 27.2 Å². The van der Waals surface area contributed by atoms with Crippen molar-refractivity contribution in [2.45, 2.75) is 11.7 Å². The number of alkyl halides is 3. The van der Waals surface area contributed by atoms with Crippen LogP contribution in [-0.2, 0) is 5.54 Å². The maximum absolute atomic E-state index is 14.4. The fourth-order valence-electron chi connectivity index (χ4n) is 3.38. The molecule has 31 heavy (non-hydrogen) atoms. The van der Waals surface area contributed by atoms with E-state index in [9.17, 15) is 27.2 Å². The van der Waals surface area contributed by atoms with E-state index in [2.05, 4.69) is 20.8 Å². The van der Waals surface area contributed by atoms with Crippen LogP contribution in [0.3, 0.4) is 0 Å². The molecule has 4 N–H and O–H groups in total. The molecule has 1 aliphatic rings. The molecule has 7 nitrogen and oxygen atoms in total. The largest absolute Gasteiger partial charge is 0.417 e. The van der Waals surface area contributed by atoms with Crippen LogP contribution in [0.2, 0.25) is 0 Å². The van der Waals surface area contributed by atoms with Crippen LogP contribution in [0, 0.1) is 5.82 Å². The normalized spacial score (nSPS) is 18.0. The topological polar surface area (TPSA) is 98.9 Å². The Balaban J connectivity index is 1.74. The monoisotopic (exact) mass is 433 g/mol. The highest BCUT2D eigenvalue weighted by molar-refractivity contribution is 5.96. The van der Waals surface area contributed by atoms with Crippen molar-refractivity contribution in [1.82, 2.24) is 20.8 Å². The van der Waals surface area contributed by atoms with E-state index in [-0.39, 0.29) is 16.8 Å². The Morgan fingerprint density at radius 3 is 2.48 bits per heavy atom. The van der Waals surface area contributed by atoms with Crippen molar-refractivity contribution in [3.05, 3.63) is 71.7 Å². The molecule has 2 heterocycles. The number of rotatable bonds is 4. The Kier molecular flexibility index (Phi) is 4.88. The first-order valence-corrected chi connectivity index (χ1v) is 9.03. The van der Waals surface area contributed by atoms with Gasteiger partial charge in [-0.05, 0) is 42.5 Å². The summed E-state index contributed by atoms with van der Waals surface area (Å²) in [5.74, 6) is -1.43. The van der Waals surface area contributed by atoms with Gasteiger partial charge in [0, 0.05) is 28.6 Å². The molecule has 160 valence electrons. The second kappa shape index (κ2) is 7.42. The number of nitrogens with one attached hydrogen (secondary N) is 4. The number of benzene rings is 2. The van der Waals surface area contributed by atoms with E-state index < -0.39 is 36.0 Å². The number of H-pyrrole nitrogens is 1. The minimum absolute atomic E-state index is 0.0228. The van der Waals surface area contributed by atoms with Crippen molar-refractivity contribution in [2.75, 3.05) is 11.9 Å². The van der Waals surface area contributed by atoms with E-state index in [4.69, 9.17) is 0 Å². The highest BCUT2D eigenvalue weighted by Crippen LogP contribution is 2.45. The summed E-state index contributed by atoms with van der Waals surface area (Å²) in [6.45, 7) is -0.973. The third-order valence-electron chi connectivity index (χ3n) is 4.97. The van der Waals surface area contributed by atoms with E-state index in [1.807, 2.05) is 5.32 Å². The lowest BCUT2D eigenvalue weighted by atomic mass is 9.84. The fourth-order valence-corrected chi connectivity index (χ4v) is 3.38. The SMILES string of the molecule is O=C1Nc2ccc(-c3ccn[nH]3)cc2C(CNC(=O)c2ccc(F)cc2)(C(F)(F)F)N1. The van der Waals surface area contributed by atoms with Crippen molar-refractivity contribution in [3.63, 3.8) is 0 Å². The molecule has 1 aromatic heterocycles. The fraction of sp³-hybridized carbons (Fsp3) is 0.150. The van der Waals surface area contributed by atoms with Gasteiger partial charge < -0.3 is 16.0 Å². The van der Waals surface area contributed by atoms with Gasteiger partial charge >= 0.3 is 12.2 Å². The molecule has 0 spiro atoms. The van der Waals surface area contributed by atoms with Crippen molar-refractivity contribution in [3.8, 4) is 11.3 Å². The Labute approximate surface area is 172 Å². The van der Waals surface area contributed by atoms with Gasteiger partial charge in [-0.25, -0.2) is 9.18 Å². The molecule has 11 heteroatoms. The highest BCUT2D eigenvalue weighted by Gasteiger charge is 2.60. The van der Waals surface area contributed by atoms with Gasteiger partial charge in [-0.3, -0.25) is 9.89 Å².